The molecule has 112 valence electrons. The van der Waals surface area contributed by atoms with E-state index >= 15 is 0 Å². The SMILES string of the molecule is CCNC(CC1CC2CCC1C2)c1snnc1C(C)C. The van der Waals surface area contributed by atoms with E-state index in [-0.39, 0.29) is 0 Å². The molecule has 0 saturated heterocycles. The van der Waals surface area contributed by atoms with Crippen molar-refractivity contribution < 1.29 is 0 Å². The first-order valence-corrected chi connectivity index (χ1v) is 9.01. The van der Waals surface area contributed by atoms with Gasteiger partial charge in [0.2, 0.25) is 0 Å². The minimum Gasteiger partial charge on any atom is -0.309 e. The normalized spacial score (nSPS) is 30.3. The Morgan fingerprint density at radius 3 is 2.75 bits per heavy atom. The Morgan fingerprint density at radius 1 is 1.30 bits per heavy atom. The van der Waals surface area contributed by atoms with Gasteiger partial charge in [-0.25, -0.2) is 0 Å². The zero-order valence-electron chi connectivity index (χ0n) is 12.9. The van der Waals surface area contributed by atoms with Crippen LogP contribution in [0.15, 0.2) is 0 Å². The van der Waals surface area contributed by atoms with Crippen LogP contribution in [-0.2, 0) is 0 Å². The lowest BCUT2D eigenvalue weighted by Crippen LogP contribution is -2.25. The van der Waals surface area contributed by atoms with Crippen molar-refractivity contribution in [2.75, 3.05) is 6.54 Å². The summed E-state index contributed by atoms with van der Waals surface area (Å²) in [7, 11) is 0. The summed E-state index contributed by atoms with van der Waals surface area (Å²) in [5, 5.41) is 8.07. The molecular weight excluding hydrogens is 266 g/mol. The van der Waals surface area contributed by atoms with Crippen LogP contribution >= 0.6 is 11.5 Å². The summed E-state index contributed by atoms with van der Waals surface area (Å²) < 4.78 is 4.22. The molecule has 1 N–H and O–H groups in total. The Morgan fingerprint density at radius 2 is 2.15 bits per heavy atom. The maximum atomic E-state index is 4.37. The fourth-order valence-corrected chi connectivity index (χ4v) is 5.24. The average Bonchev–Trinajstić information content (AvgIpc) is 3.14. The number of fused-ring (bicyclic) bond motifs is 2. The quantitative estimate of drug-likeness (QED) is 0.856. The van der Waals surface area contributed by atoms with Crippen LogP contribution in [0.3, 0.4) is 0 Å². The number of aromatic nitrogens is 2. The molecule has 2 fully saturated rings. The first-order valence-electron chi connectivity index (χ1n) is 8.24. The van der Waals surface area contributed by atoms with Crippen LogP contribution in [0.25, 0.3) is 0 Å². The van der Waals surface area contributed by atoms with Crippen LogP contribution < -0.4 is 5.32 Å². The highest BCUT2D eigenvalue weighted by molar-refractivity contribution is 7.05. The number of nitrogens with one attached hydrogen (secondary N) is 1. The van der Waals surface area contributed by atoms with Crippen molar-refractivity contribution in [2.24, 2.45) is 17.8 Å². The van der Waals surface area contributed by atoms with Gasteiger partial charge in [-0.1, -0.05) is 31.7 Å². The van der Waals surface area contributed by atoms with Gasteiger partial charge in [0.1, 0.15) is 0 Å². The minimum absolute atomic E-state index is 0.474. The van der Waals surface area contributed by atoms with E-state index in [1.54, 1.807) is 11.5 Å². The van der Waals surface area contributed by atoms with Gasteiger partial charge in [-0.2, -0.15) is 0 Å². The molecular formula is C16H27N3S. The highest BCUT2D eigenvalue weighted by Gasteiger charge is 2.40. The number of hydrogen-bond donors (Lipinski definition) is 1. The fourth-order valence-electron chi connectivity index (χ4n) is 4.34. The molecule has 1 heterocycles. The molecule has 0 amide bonds. The standard InChI is InChI=1S/C16H27N3S/c1-4-17-14(16-15(10(2)3)18-19-20-16)9-13-8-11-5-6-12(13)7-11/h10-14,17H,4-9H2,1-3H3. The van der Waals surface area contributed by atoms with E-state index in [0.29, 0.717) is 12.0 Å². The van der Waals surface area contributed by atoms with Gasteiger partial charge in [-0.05, 0) is 67.4 Å². The summed E-state index contributed by atoms with van der Waals surface area (Å²) in [4.78, 5) is 1.39. The second-order valence-electron chi connectivity index (χ2n) is 6.96. The molecule has 1 aromatic heterocycles. The molecule has 4 heteroatoms. The van der Waals surface area contributed by atoms with Crippen LogP contribution in [0.4, 0.5) is 0 Å². The zero-order valence-corrected chi connectivity index (χ0v) is 13.7. The third-order valence-electron chi connectivity index (χ3n) is 5.28. The monoisotopic (exact) mass is 293 g/mol. The molecule has 2 aliphatic rings. The molecule has 20 heavy (non-hydrogen) atoms. The number of hydrogen-bond acceptors (Lipinski definition) is 4. The van der Waals surface area contributed by atoms with Gasteiger partial charge in [0.15, 0.2) is 0 Å². The van der Waals surface area contributed by atoms with Gasteiger partial charge in [0, 0.05) is 6.04 Å². The molecule has 0 spiro atoms. The van der Waals surface area contributed by atoms with Gasteiger partial charge in [-0.3, -0.25) is 0 Å². The van der Waals surface area contributed by atoms with Crippen molar-refractivity contribution in [3.63, 3.8) is 0 Å². The molecule has 3 nitrogen and oxygen atoms in total. The van der Waals surface area contributed by atoms with Crippen LogP contribution in [-0.4, -0.2) is 16.1 Å². The molecule has 2 saturated carbocycles. The van der Waals surface area contributed by atoms with E-state index in [9.17, 15) is 0 Å². The smallest absolute Gasteiger partial charge is 0.0829 e. The second-order valence-corrected chi connectivity index (χ2v) is 7.74. The molecule has 0 radical (unpaired) electrons. The summed E-state index contributed by atoms with van der Waals surface area (Å²) in [5.41, 5.74) is 1.21. The van der Waals surface area contributed by atoms with Gasteiger partial charge < -0.3 is 5.32 Å². The molecule has 2 aliphatic carbocycles. The predicted octanol–water partition coefficient (Wildman–Crippen LogP) is 4.14. The maximum absolute atomic E-state index is 4.37. The van der Waals surface area contributed by atoms with Crippen molar-refractivity contribution in [3.8, 4) is 0 Å². The number of rotatable bonds is 6. The first kappa shape index (κ1) is 14.5. The summed E-state index contributed by atoms with van der Waals surface area (Å²) >= 11 is 1.61. The van der Waals surface area contributed by atoms with Crippen LogP contribution in [0.1, 0.15) is 75.4 Å². The van der Waals surface area contributed by atoms with Gasteiger partial charge in [0.05, 0.1) is 10.6 Å². The van der Waals surface area contributed by atoms with E-state index in [1.165, 1.54) is 42.7 Å². The van der Waals surface area contributed by atoms with Gasteiger partial charge in [-0.15, -0.1) is 5.10 Å². The Kier molecular flexibility index (Phi) is 4.41. The topological polar surface area (TPSA) is 37.8 Å². The van der Waals surface area contributed by atoms with Crippen molar-refractivity contribution in [1.82, 2.24) is 14.9 Å². The second kappa shape index (κ2) is 6.10. The van der Waals surface area contributed by atoms with Crippen LogP contribution in [0.5, 0.6) is 0 Å². The number of nitrogens with zero attached hydrogens (tertiary/aromatic N) is 2. The molecule has 4 unspecified atom stereocenters. The lowest BCUT2D eigenvalue weighted by atomic mass is 9.83. The largest absolute Gasteiger partial charge is 0.309 e. The third kappa shape index (κ3) is 2.77. The fraction of sp³-hybridized carbons (Fsp3) is 0.875. The van der Waals surface area contributed by atoms with E-state index in [0.717, 1.165) is 24.3 Å². The van der Waals surface area contributed by atoms with E-state index in [4.69, 9.17) is 0 Å². The first-order chi connectivity index (χ1) is 9.69. The van der Waals surface area contributed by atoms with Crippen molar-refractivity contribution in [1.29, 1.82) is 0 Å². The van der Waals surface area contributed by atoms with Crippen LogP contribution in [0.2, 0.25) is 0 Å². The van der Waals surface area contributed by atoms with Crippen LogP contribution in [0, 0.1) is 17.8 Å². The molecule has 2 bridgehead atoms. The van der Waals surface area contributed by atoms with Crippen molar-refractivity contribution in [2.45, 2.75) is 64.8 Å². The third-order valence-corrected chi connectivity index (χ3v) is 6.13. The van der Waals surface area contributed by atoms with Gasteiger partial charge >= 0.3 is 0 Å². The van der Waals surface area contributed by atoms with E-state index in [1.807, 2.05) is 0 Å². The highest BCUT2D eigenvalue weighted by Crippen LogP contribution is 2.51. The molecule has 1 aromatic rings. The Hall–Kier alpha value is -0.480. The van der Waals surface area contributed by atoms with E-state index in [2.05, 4.69) is 35.7 Å². The van der Waals surface area contributed by atoms with Crippen molar-refractivity contribution in [3.05, 3.63) is 10.6 Å². The minimum atomic E-state index is 0.474. The molecule has 3 rings (SSSR count). The van der Waals surface area contributed by atoms with Crippen molar-refractivity contribution >= 4 is 11.5 Å². The Bertz CT molecular complexity index is 443. The lowest BCUT2D eigenvalue weighted by molar-refractivity contribution is 0.281. The van der Waals surface area contributed by atoms with E-state index < -0.39 is 0 Å². The summed E-state index contributed by atoms with van der Waals surface area (Å²) in [6.07, 6.45) is 7.23. The molecule has 0 aromatic carbocycles. The zero-order chi connectivity index (χ0) is 14.1. The lowest BCUT2D eigenvalue weighted by Gasteiger charge is -2.27. The molecule has 4 atom stereocenters. The summed E-state index contributed by atoms with van der Waals surface area (Å²) in [6.45, 7) is 7.68. The summed E-state index contributed by atoms with van der Waals surface area (Å²) in [6, 6.07) is 0.474. The van der Waals surface area contributed by atoms with Gasteiger partial charge in [0.25, 0.3) is 0 Å². The molecule has 0 aliphatic heterocycles. The predicted molar refractivity (Wildman–Crippen MR) is 84.0 cm³/mol. The maximum Gasteiger partial charge on any atom is 0.0829 e. The summed E-state index contributed by atoms with van der Waals surface area (Å²) in [5.74, 6) is 3.45. The average molecular weight is 293 g/mol. The Labute approximate surface area is 126 Å². The highest BCUT2D eigenvalue weighted by atomic mass is 32.1. The Balaban J connectivity index is 1.73.